The summed E-state index contributed by atoms with van der Waals surface area (Å²) >= 11 is 0. The van der Waals surface area contributed by atoms with Crippen LogP contribution < -0.4 is 0 Å². The Morgan fingerprint density at radius 3 is 1.53 bits per heavy atom. The third-order valence-electron chi connectivity index (χ3n) is 5.67. The fourth-order valence-corrected chi connectivity index (χ4v) is 3.76. The number of benzene rings is 1. The van der Waals surface area contributed by atoms with E-state index in [1.54, 1.807) is 0 Å². The topological polar surface area (TPSA) is 43.4 Å². The number of ether oxygens (including phenoxy) is 1. The second-order valence-electron chi connectivity index (χ2n) is 8.53. The molecule has 0 aliphatic carbocycles. The van der Waals surface area contributed by atoms with Crippen LogP contribution in [0.3, 0.4) is 0 Å². The Kier molecular flexibility index (Phi) is 17.0. The molecule has 0 fully saturated rings. The lowest BCUT2D eigenvalue weighted by molar-refractivity contribution is -0.159. The lowest BCUT2D eigenvalue weighted by Crippen LogP contribution is -2.12. The summed E-state index contributed by atoms with van der Waals surface area (Å²) in [4.78, 5) is 23.5. The molecule has 1 aromatic rings. The molecular weight excluding hydrogens is 372 g/mol. The zero-order valence-corrected chi connectivity index (χ0v) is 19.3. The van der Waals surface area contributed by atoms with Crippen molar-refractivity contribution in [3.05, 3.63) is 35.9 Å². The number of carbonyl (C=O) groups excluding carboxylic acids is 2. The summed E-state index contributed by atoms with van der Waals surface area (Å²) in [5.41, 5.74) is 1.09. The van der Waals surface area contributed by atoms with Crippen LogP contribution in [0.2, 0.25) is 0 Å². The van der Waals surface area contributed by atoms with Gasteiger partial charge in [0.2, 0.25) is 0 Å². The molecular formula is C27H44O3. The van der Waals surface area contributed by atoms with E-state index in [9.17, 15) is 9.59 Å². The summed E-state index contributed by atoms with van der Waals surface area (Å²) < 4.78 is 4.91. The minimum Gasteiger partial charge on any atom is -0.393 e. The molecule has 0 aliphatic heterocycles. The van der Waals surface area contributed by atoms with Crippen molar-refractivity contribution >= 4 is 11.9 Å². The molecule has 170 valence electrons. The van der Waals surface area contributed by atoms with Crippen molar-refractivity contribution in [1.29, 1.82) is 0 Å². The van der Waals surface area contributed by atoms with Crippen molar-refractivity contribution < 1.29 is 14.3 Å². The first-order chi connectivity index (χ1) is 14.7. The number of esters is 2. The van der Waals surface area contributed by atoms with Gasteiger partial charge in [-0.1, -0.05) is 127 Å². The van der Waals surface area contributed by atoms with Gasteiger partial charge < -0.3 is 4.74 Å². The van der Waals surface area contributed by atoms with E-state index in [2.05, 4.69) is 6.92 Å². The highest BCUT2D eigenvalue weighted by Crippen LogP contribution is 2.14. The maximum atomic E-state index is 11.8. The fraction of sp³-hybridized carbons (Fsp3) is 0.704. The average Bonchev–Trinajstić information content (AvgIpc) is 2.75. The summed E-state index contributed by atoms with van der Waals surface area (Å²) in [5.74, 6) is -0.785. The van der Waals surface area contributed by atoms with Gasteiger partial charge in [0.05, 0.1) is 6.42 Å². The molecule has 30 heavy (non-hydrogen) atoms. The number of unbranched alkanes of at least 4 members (excludes halogenated alkanes) is 14. The molecule has 0 radical (unpaired) electrons. The zero-order chi connectivity index (χ0) is 21.7. The summed E-state index contributed by atoms with van der Waals surface area (Å²) in [7, 11) is 0. The van der Waals surface area contributed by atoms with Gasteiger partial charge in [0.25, 0.3) is 0 Å². The molecule has 0 saturated carbocycles. The molecule has 0 aliphatic rings. The molecule has 0 amide bonds. The van der Waals surface area contributed by atoms with Gasteiger partial charge in [-0.05, 0) is 18.4 Å². The van der Waals surface area contributed by atoms with Crippen LogP contribution >= 0.6 is 0 Å². The van der Waals surface area contributed by atoms with Crippen LogP contribution in [0.5, 0.6) is 0 Å². The molecule has 0 unspecified atom stereocenters. The molecule has 0 bridgehead atoms. The van der Waals surface area contributed by atoms with E-state index in [0.717, 1.165) is 18.4 Å². The number of hydrogen-bond donors (Lipinski definition) is 0. The quantitative estimate of drug-likeness (QED) is 0.130. The fourth-order valence-electron chi connectivity index (χ4n) is 3.76. The van der Waals surface area contributed by atoms with Gasteiger partial charge in [0.15, 0.2) is 0 Å². The lowest BCUT2D eigenvalue weighted by Gasteiger charge is -2.04. The Hall–Kier alpha value is -1.64. The Bertz CT molecular complexity index is 538. The molecule has 0 atom stereocenters. The Morgan fingerprint density at radius 2 is 1.03 bits per heavy atom. The van der Waals surface area contributed by atoms with Crippen molar-refractivity contribution in [3.63, 3.8) is 0 Å². The molecule has 3 nitrogen and oxygen atoms in total. The van der Waals surface area contributed by atoms with Crippen LogP contribution in [0, 0.1) is 0 Å². The van der Waals surface area contributed by atoms with E-state index in [1.165, 1.54) is 83.5 Å². The Balaban J connectivity index is 1.83. The molecule has 1 aromatic carbocycles. The van der Waals surface area contributed by atoms with Gasteiger partial charge in [-0.15, -0.1) is 0 Å². The van der Waals surface area contributed by atoms with Gasteiger partial charge >= 0.3 is 11.9 Å². The predicted molar refractivity (Wildman–Crippen MR) is 125 cm³/mol. The molecule has 0 saturated heterocycles. The maximum Gasteiger partial charge on any atom is 0.313 e. The van der Waals surface area contributed by atoms with E-state index in [1.807, 2.05) is 30.3 Å². The highest BCUT2D eigenvalue weighted by atomic mass is 16.6. The lowest BCUT2D eigenvalue weighted by atomic mass is 10.0. The van der Waals surface area contributed by atoms with Crippen molar-refractivity contribution in [1.82, 2.24) is 0 Å². The van der Waals surface area contributed by atoms with Crippen LogP contribution in [-0.4, -0.2) is 11.9 Å². The summed E-state index contributed by atoms with van der Waals surface area (Å²) in [5, 5.41) is 0. The van der Waals surface area contributed by atoms with Gasteiger partial charge in [-0.25, -0.2) is 0 Å². The maximum absolute atomic E-state index is 11.8. The number of rotatable bonds is 19. The van der Waals surface area contributed by atoms with Gasteiger partial charge in [0.1, 0.15) is 0 Å². The highest BCUT2D eigenvalue weighted by Gasteiger charge is 2.10. The van der Waals surface area contributed by atoms with Crippen molar-refractivity contribution in [3.8, 4) is 0 Å². The van der Waals surface area contributed by atoms with E-state index in [4.69, 9.17) is 4.74 Å². The van der Waals surface area contributed by atoms with Gasteiger partial charge in [-0.2, -0.15) is 0 Å². The molecule has 3 heteroatoms. The molecule has 0 aromatic heterocycles. The Morgan fingerprint density at radius 1 is 0.600 bits per heavy atom. The van der Waals surface area contributed by atoms with Gasteiger partial charge in [-0.3, -0.25) is 9.59 Å². The largest absolute Gasteiger partial charge is 0.393 e. The smallest absolute Gasteiger partial charge is 0.313 e. The first-order valence-corrected chi connectivity index (χ1v) is 12.5. The zero-order valence-electron chi connectivity index (χ0n) is 19.3. The number of carbonyl (C=O) groups is 2. The first kappa shape index (κ1) is 26.4. The van der Waals surface area contributed by atoms with Crippen LogP contribution in [0.1, 0.15) is 122 Å². The summed E-state index contributed by atoms with van der Waals surface area (Å²) in [6.07, 6.45) is 20.7. The SMILES string of the molecule is CCCCCCCCCCCCCCCCCC(=O)OC(=O)CCc1ccccc1. The second-order valence-corrected chi connectivity index (χ2v) is 8.53. The van der Waals surface area contributed by atoms with E-state index in [-0.39, 0.29) is 12.4 Å². The van der Waals surface area contributed by atoms with E-state index in [0.29, 0.717) is 12.8 Å². The van der Waals surface area contributed by atoms with Crippen LogP contribution in [0.4, 0.5) is 0 Å². The predicted octanol–water partition coefficient (Wildman–Crippen LogP) is 7.95. The standard InChI is InChI=1S/C27H44O3/c1-2-3-4-5-6-7-8-9-10-11-12-13-14-15-19-22-26(28)30-27(29)24-23-25-20-17-16-18-21-25/h16-18,20-21H,2-15,19,22-24H2,1H3. The van der Waals surface area contributed by atoms with E-state index < -0.39 is 5.97 Å². The van der Waals surface area contributed by atoms with Crippen molar-refractivity contribution in [2.75, 3.05) is 0 Å². The third-order valence-corrected chi connectivity index (χ3v) is 5.67. The minimum absolute atomic E-state index is 0.259. The average molecular weight is 417 g/mol. The summed E-state index contributed by atoms with van der Waals surface area (Å²) in [6.45, 7) is 2.27. The van der Waals surface area contributed by atoms with Gasteiger partial charge in [0, 0.05) is 6.42 Å². The monoisotopic (exact) mass is 416 g/mol. The normalized spacial score (nSPS) is 10.8. The molecule has 0 spiro atoms. The number of aryl methyl sites for hydroxylation is 1. The second kappa shape index (κ2) is 19.3. The highest BCUT2D eigenvalue weighted by molar-refractivity contribution is 5.85. The van der Waals surface area contributed by atoms with Crippen LogP contribution in [0.25, 0.3) is 0 Å². The minimum atomic E-state index is -0.412. The summed E-state index contributed by atoms with van der Waals surface area (Å²) in [6, 6.07) is 9.79. The molecule has 1 rings (SSSR count). The van der Waals surface area contributed by atoms with Crippen molar-refractivity contribution in [2.45, 2.75) is 122 Å². The molecule has 0 N–H and O–H groups in total. The molecule has 0 heterocycles. The Labute approximate surface area is 185 Å². The third kappa shape index (κ3) is 16.2. The van der Waals surface area contributed by atoms with Crippen LogP contribution in [-0.2, 0) is 20.7 Å². The first-order valence-electron chi connectivity index (χ1n) is 12.5. The number of hydrogen-bond acceptors (Lipinski definition) is 3. The van der Waals surface area contributed by atoms with Crippen molar-refractivity contribution in [2.24, 2.45) is 0 Å². The van der Waals surface area contributed by atoms with Crippen LogP contribution in [0.15, 0.2) is 30.3 Å². The van der Waals surface area contributed by atoms with E-state index >= 15 is 0 Å².